The van der Waals surface area contributed by atoms with Gasteiger partial charge >= 0.3 is 0 Å². The molecule has 0 radical (unpaired) electrons. The maximum absolute atomic E-state index is 10.5. The zero-order valence-corrected chi connectivity index (χ0v) is 7.83. The molecule has 1 saturated heterocycles. The summed E-state index contributed by atoms with van der Waals surface area (Å²) in [6, 6.07) is 0. The molecule has 2 rings (SSSR count). The van der Waals surface area contributed by atoms with E-state index >= 15 is 0 Å². The molecule has 72 valence electrons. The number of allylic oxidation sites excluding steroid dienone is 1. The van der Waals surface area contributed by atoms with E-state index in [0.29, 0.717) is 5.92 Å². The van der Waals surface area contributed by atoms with Crippen molar-refractivity contribution in [1.29, 1.82) is 0 Å². The highest BCUT2D eigenvalue weighted by Gasteiger charge is 2.22. The van der Waals surface area contributed by atoms with Gasteiger partial charge < -0.3 is 10.2 Å². The van der Waals surface area contributed by atoms with Crippen LogP contribution in [0.3, 0.4) is 0 Å². The molecule has 0 aromatic rings. The summed E-state index contributed by atoms with van der Waals surface area (Å²) >= 11 is 0. The summed E-state index contributed by atoms with van der Waals surface area (Å²) in [7, 11) is 0. The van der Waals surface area contributed by atoms with Gasteiger partial charge in [0, 0.05) is 31.2 Å². The standard InChI is InChI=1S/C10H16N2O/c13-8-12-6-3-9(4-7-12)10-2-1-5-11-10/h2,8-9,11H,1,3-7H2. The Labute approximate surface area is 78.8 Å². The van der Waals surface area contributed by atoms with Crippen molar-refractivity contribution in [3.05, 3.63) is 11.8 Å². The molecule has 1 amide bonds. The highest BCUT2D eigenvalue weighted by Crippen LogP contribution is 2.24. The second-order valence-electron chi connectivity index (χ2n) is 3.79. The van der Waals surface area contributed by atoms with E-state index in [0.717, 1.165) is 38.9 Å². The smallest absolute Gasteiger partial charge is 0.209 e. The minimum Gasteiger partial charge on any atom is -0.388 e. The third-order valence-electron chi connectivity index (χ3n) is 2.96. The van der Waals surface area contributed by atoms with Crippen molar-refractivity contribution in [2.24, 2.45) is 5.92 Å². The maximum atomic E-state index is 10.5. The van der Waals surface area contributed by atoms with E-state index in [2.05, 4.69) is 11.4 Å². The van der Waals surface area contributed by atoms with Crippen LogP contribution in [0.1, 0.15) is 19.3 Å². The van der Waals surface area contributed by atoms with E-state index in [9.17, 15) is 4.79 Å². The summed E-state index contributed by atoms with van der Waals surface area (Å²) in [5, 5.41) is 3.41. The monoisotopic (exact) mass is 180 g/mol. The molecular formula is C10H16N2O. The predicted octanol–water partition coefficient (Wildman–Crippen LogP) is 0.732. The molecule has 2 heterocycles. The summed E-state index contributed by atoms with van der Waals surface area (Å²) in [5.41, 5.74) is 1.42. The zero-order valence-electron chi connectivity index (χ0n) is 7.83. The number of carbonyl (C=O) groups excluding carboxylic acids is 1. The molecule has 13 heavy (non-hydrogen) atoms. The fourth-order valence-corrected chi connectivity index (χ4v) is 2.14. The Balaban J connectivity index is 1.87. The molecule has 0 unspecified atom stereocenters. The van der Waals surface area contributed by atoms with E-state index in [1.54, 1.807) is 0 Å². The van der Waals surface area contributed by atoms with Crippen molar-refractivity contribution < 1.29 is 4.79 Å². The first-order valence-electron chi connectivity index (χ1n) is 5.03. The third kappa shape index (κ3) is 1.85. The molecule has 0 aromatic carbocycles. The van der Waals surface area contributed by atoms with Gasteiger partial charge in [0.05, 0.1) is 0 Å². The minimum atomic E-state index is 0.679. The number of rotatable bonds is 2. The number of hydrogen-bond donors (Lipinski definition) is 1. The summed E-state index contributed by atoms with van der Waals surface area (Å²) in [6.45, 7) is 2.95. The van der Waals surface area contributed by atoms with Crippen molar-refractivity contribution in [3.8, 4) is 0 Å². The van der Waals surface area contributed by atoms with Crippen molar-refractivity contribution in [3.63, 3.8) is 0 Å². The Hall–Kier alpha value is -0.990. The normalized spacial score (nSPS) is 24.0. The first-order valence-corrected chi connectivity index (χ1v) is 5.03. The Morgan fingerprint density at radius 3 is 2.77 bits per heavy atom. The summed E-state index contributed by atoms with van der Waals surface area (Å²) in [5.74, 6) is 0.679. The fourth-order valence-electron chi connectivity index (χ4n) is 2.14. The van der Waals surface area contributed by atoms with Crippen LogP contribution >= 0.6 is 0 Å². The second-order valence-corrected chi connectivity index (χ2v) is 3.79. The lowest BCUT2D eigenvalue weighted by molar-refractivity contribution is -0.119. The highest BCUT2D eigenvalue weighted by atomic mass is 16.1. The molecule has 2 aliphatic heterocycles. The molecular weight excluding hydrogens is 164 g/mol. The van der Waals surface area contributed by atoms with Gasteiger partial charge in [0.25, 0.3) is 0 Å². The fraction of sp³-hybridized carbons (Fsp3) is 0.700. The molecule has 0 atom stereocenters. The van der Waals surface area contributed by atoms with Crippen molar-refractivity contribution in [1.82, 2.24) is 10.2 Å². The summed E-state index contributed by atoms with van der Waals surface area (Å²) in [6.07, 6.45) is 6.69. The molecule has 3 heteroatoms. The first-order chi connectivity index (χ1) is 6.40. The van der Waals surface area contributed by atoms with Crippen molar-refractivity contribution in [2.45, 2.75) is 19.3 Å². The van der Waals surface area contributed by atoms with Crippen LogP contribution in [0.15, 0.2) is 11.8 Å². The van der Waals surface area contributed by atoms with E-state index in [-0.39, 0.29) is 0 Å². The molecule has 0 saturated carbocycles. The van der Waals surface area contributed by atoms with Crippen LogP contribution in [-0.2, 0) is 4.79 Å². The lowest BCUT2D eigenvalue weighted by Gasteiger charge is -2.30. The van der Waals surface area contributed by atoms with Gasteiger partial charge in [0.1, 0.15) is 0 Å². The average molecular weight is 180 g/mol. The van der Waals surface area contributed by atoms with Crippen LogP contribution in [-0.4, -0.2) is 30.9 Å². The molecule has 0 spiro atoms. The summed E-state index contributed by atoms with van der Waals surface area (Å²) in [4.78, 5) is 12.4. The van der Waals surface area contributed by atoms with Gasteiger partial charge in [-0.15, -0.1) is 0 Å². The lowest BCUT2D eigenvalue weighted by Crippen LogP contribution is -2.34. The van der Waals surface area contributed by atoms with Gasteiger partial charge in [-0.1, -0.05) is 6.08 Å². The van der Waals surface area contributed by atoms with E-state index in [1.165, 1.54) is 12.1 Å². The van der Waals surface area contributed by atoms with Crippen LogP contribution in [0, 0.1) is 5.92 Å². The van der Waals surface area contributed by atoms with Crippen LogP contribution < -0.4 is 5.32 Å². The van der Waals surface area contributed by atoms with Crippen molar-refractivity contribution >= 4 is 6.41 Å². The SMILES string of the molecule is O=CN1CCC(C2=CCCN2)CC1. The largest absolute Gasteiger partial charge is 0.388 e. The Morgan fingerprint density at radius 1 is 1.46 bits per heavy atom. The summed E-state index contributed by atoms with van der Waals surface area (Å²) < 4.78 is 0. The first kappa shape index (κ1) is 8.60. The second kappa shape index (κ2) is 3.81. The minimum absolute atomic E-state index is 0.679. The highest BCUT2D eigenvalue weighted by molar-refractivity contribution is 5.47. The van der Waals surface area contributed by atoms with Gasteiger partial charge in [-0.25, -0.2) is 0 Å². The number of amides is 1. The van der Waals surface area contributed by atoms with E-state index in [1.807, 2.05) is 4.90 Å². The maximum Gasteiger partial charge on any atom is 0.209 e. The molecule has 2 aliphatic rings. The predicted molar refractivity (Wildman–Crippen MR) is 51.1 cm³/mol. The number of likely N-dealkylation sites (tertiary alicyclic amines) is 1. The van der Waals surface area contributed by atoms with Gasteiger partial charge in [0.2, 0.25) is 6.41 Å². The van der Waals surface area contributed by atoms with Gasteiger partial charge in [0.15, 0.2) is 0 Å². The van der Waals surface area contributed by atoms with Crippen molar-refractivity contribution in [2.75, 3.05) is 19.6 Å². The quantitative estimate of drug-likeness (QED) is 0.635. The molecule has 0 bridgehead atoms. The zero-order chi connectivity index (χ0) is 9.10. The molecule has 0 aliphatic carbocycles. The number of carbonyl (C=O) groups is 1. The van der Waals surface area contributed by atoms with E-state index < -0.39 is 0 Å². The van der Waals surface area contributed by atoms with Crippen LogP contribution in [0.4, 0.5) is 0 Å². The Morgan fingerprint density at radius 2 is 2.23 bits per heavy atom. The molecule has 1 N–H and O–H groups in total. The van der Waals surface area contributed by atoms with Crippen LogP contribution in [0.5, 0.6) is 0 Å². The number of nitrogens with zero attached hydrogens (tertiary/aromatic N) is 1. The topological polar surface area (TPSA) is 32.3 Å². The Kier molecular flexibility index (Phi) is 2.52. The molecule has 3 nitrogen and oxygen atoms in total. The molecule has 0 aromatic heterocycles. The Bertz CT molecular complexity index is 217. The number of nitrogens with one attached hydrogen (secondary N) is 1. The van der Waals surface area contributed by atoms with Gasteiger partial charge in [-0.05, 0) is 19.3 Å². The van der Waals surface area contributed by atoms with Gasteiger partial charge in [-0.3, -0.25) is 4.79 Å². The number of hydrogen-bond acceptors (Lipinski definition) is 2. The van der Waals surface area contributed by atoms with Crippen LogP contribution in [0.2, 0.25) is 0 Å². The number of piperidine rings is 1. The lowest BCUT2D eigenvalue weighted by atomic mass is 9.94. The third-order valence-corrected chi connectivity index (χ3v) is 2.96. The van der Waals surface area contributed by atoms with Gasteiger partial charge in [-0.2, -0.15) is 0 Å². The average Bonchev–Trinajstić information content (AvgIpc) is 2.71. The molecule has 1 fully saturated rings. The van der Waals surface area contributed by atoms with Crippen LogP contribution in [0.25, 0.3) is 0 Å². The van der Waals surface area contributed by atoms with E-state index in [4.69, 9.17) is 0 Å².